The fourth-order valence-corrected chi connectivity index (χ4v) is 6.43. The Kier molecular flexibility index (Phi) is 11.8. The van der Waals surface area contributed by atoms with Gasteiger partial charge in [-0.25, -0.2) is 9.59 Å². The van der Waals surface area contributed by atoms with Crippen LogP contribution < -0.4 is 21.7 Å². The van der Waals surface area contributed by atoms with Gasteiger partial charge in [-0.1, -0.05) is 0 Å². The van der Waals surface area contributed by atoms with E-state index in [9.17, 15) is 45.4 Å². The van der Waals surface area contributed by atoms with Gasteiger partial charge in [-0.05, 0) is 55.0 Å². The van der Waals surface area contributed by atoms with E-state index in [2.05, 4.69) is 10.6 Å². The zero-order valence-electron chi connectivity index (χ0n) is 26.2. The molecule has 18 nitrogen and oxygen atoms in total. The average molecular weight is 737 g/mol. The Morgan fingerprint density at radius 2 is 1.50 bits per heavy atom. The maximum absolute atomic E-state index is 13.1. The average Bonchev–Trinajstić information content (AvgIpc) is 3.02. The second-order valence-corrected chi connectivity index (χ2v) is 13.0. The Balaban J connectivity index is 1.68. The second kappa shape index (κ2) is 15.6. The number of rotatable bonds is 15. The molecule has 2 aliphatic rings. The van der Waals surface area contributed by atoms with Crippen LogP contribution in [0.1, 0.15) is 27.6 Å². The fourth-order valence-electron chi connectivity index (χ4n) is 4.94. The minimum Gasteiger partial charge on any atom is -0.478 e. The molecule has 1 aliphatic carbocycles. The van der Waals surface area contributed by atoms with Crippen molar-refractivity contribution in [3.8, 4) is 22.5 Å². The van der Waals surface area contributed by atoms with E-state index < -0.39 is 75.9 Å². The maximum atomic E-state index is 13.1. The van der Waals surface area contributed by atoms with E-state index in [1.54, 1.807) is 6.92 Å². The highest BCUT2D eigenvalue weighted by Crippen LogP contribution is 2.45. The summed E-state index contributed by atoms with van der Waals surface area (Å²) in [7, 11) is -10.4. The van der Waals surface area contributed by atoms with Gasteiger partial charge in [0.05, 0.1) is 49.6 Å². The van der Waals surface area contributed by atoms with E-state index in [4.69, 9.17) is 29.8 Å². The van der Waals surface area contributed by atoms with Crippen LogP contribution in [0.2, 0.25) is 0 Å². The summed E-state index contributed by atoms with van der Waals surface area (Å²) in [6, 6.07) is 7.97. The lowest BCUT2D eigenvalue weighted by Crippen LogP contribution is -2.29. The van der Waals surface area contributed by atoms with Crippen LogP contribution in [0.3, 0.4) is 0 Å². The first-order chi connectivity index (χ1) is 23.6. The van der Waals surface area contributed by atoms with Crippen LogP contribution in [0.25, 0.3) is 33.4 Å². The highest BCUT2D eigenvalue weighted by atomic mass is 32.2. The molecule has 1 aliphatic heterocycles. The molecular formula is C30H32N4O14S2. The maximum Gasteiger partial charge on any atom is 0.407 e. The number of aromatic carboxylic acids is 1. The van der Waals surface area contributed by atoms with Crippen molar-refractivity contribution < 1.29 is 64.1 Å². The third kappa shape index (κ3) is 8.53. The van der Waals surface area contributed by atoms with Crippen molar-refractivity contribution >= 4 is 54.9 Å². The lowest BCUT2D eigenvalue weighted by molar-refractivity contribution is 0.0488. The van der Waals surface area contributed by atoms with Crippen LogP contribution in [0, 0.1) is 5.41 Å². The summed E-state index contributed by atoms with van der Waals surface area (Å²) in [5.41, 5.74) is 3.54. The molecule has 268 valence electrons. The van der Waals surface area contributed by atoms with Crippen molar-refractivity contribution in [2.75, 3.05) is 51.9 Å². The van der Waals surface area contributed by atoms with Crippen molar-refractivity contribution in [3.63, 3.8) is 0 Å². The van der Waals surface area contributed by atoms with E-state index in [0.717, 1.165) is 24.3 Å². The highest BCUT2D eigenvalue weighted by Gasteiger charge is 2.32. The number of nitrogen functional groups attached to an aromatic ring is 1. The van der Waals surface area contributed by atoms with Crippen LogP contribution in [-0.4, -0.2) is 95.1 Å². The van der Waals surface area contributed by atoms with Gasteiger partial charge < -0.3 is 40.1 Å². The van der Waals surface area contributed by atoms with Crippen molar-refractivity contribution in [1.82, 2.24) is 10.6 Å². The number of anilines is 1. The van der Waals surface area contributed by atoms with Gasteiger partial charge in [0, 0.05) is 35.2 Å². The molecule has 20 heteroatoms. The molecule has 0 fully saturated rings. The SMILES string of the molecule is CCOC(=O)NCCOCCOCCNC(=O)c1ccc(C(=O)O)c(-c2c3ccc(=N)c(S(=O)(=O)O)c-3oc3c(S(=O)(=O)O)c(N)ccc23)c1. The van der Waals surface area contributed by atoms with E-state index in [0.29, 0.717) is 0 Å². The van der Waals surface area contributed by atoms with Crippen molar-refractivity contribution in [2.45, 2.75) is 16.7 Å². The summed E-state index contributed by atoms with van der Waals surface area (Å²) in [4.78, 5) is 34.7. The molecule has 0 aromatic heterocycles. The van der Waals surface area contributed by atoms with Gasteiger partial charge in [0.2, 0.25) is 0 Å². The number of hydrogen-bond acceptors (Lipinski definition) is 13. The van der Waals surface area contributed by atoms with Gasteiger partial charge in [0.1, 0.15) is 0 Å². The highest BCUT2D eigenvalue weighted by molar-refractivity contribution is 7.86. The van der Waals surface area contributed by atoms with Crippen LogP contribution in [0.4, 0.5) is 10.5 Å². The summed E-state index contributed by atoms with van der Waals surface area (Å²) in [5.74, 6) is -2.91. The van der Waals surface area contributed by atoms with Crippen molar-refractivity contribution in [3.05, 3.63) is 58.9 Å². The molecule has 50 heavy (non-hydrogen) atoms. The van der Waals surface area contributed by atoms with E-state index in [-0.39, 0.29) is 73.8 Å². The van der Waals surface area contributed by atoms with Gasteiger partial charge in [0.25, 0.3) is 26.1 Å². The van der Waals surface area contributed by atoms with Crippen LogP contribution in [0.5, 0.6) is 0 Å². The number of nitrogens with one attached hydrogen (secondary N) is 3. The smallest absolute Gasteiger partial charge is 0.407 e. The minimum absolute atomic E-state index is 0.0241. The van der Waals surface area contributed by atoms with E-state index >= 15 is 0 Å². The topological polar surface area (TPSA) is 295 Å². The largest absolute Gasteiger partial charge is 0.478 e. The third-order valence-electron chi connectivity index (χ3n) is 6.99. The molecule has 0 bridgehead atoms. The molecule has 2 aromatic carbocycles. The normalized spacial score (nSPS) is 11.8. The van der Waals surface area contributed by atoms with Gasteiger partial charge in [-0.15, -0.1) is 0 Å². The van der Waals surface area contributed by atoms with Crippen molar-refractivity contribution in [1.29, 1.82) is 5.41 Å². The van der Waals surface area contributed by atoms with Gasteiger partial charge in [-0.2, -0.15) is 16.8 Å². The molecule has 4 rings (SSSR count). The quantitative estimate of drug-likeness (QED) is 0.0397. The zero-order chi connectivity index (χ0) is 36.8. The summed E-state index contributed by atoms with van der Waals surface area (Å²) in [6.45, 7) is 2.86. The summed E-state index contributed by atoms with van der Waals surface area (Å²) >= 11 is 0. The number of ether oxygens (including phenoxy) is 3. The monoisotopic (exact) mass is 736 g/mol. The van der Waals surface area contributed by atoms with E-state index in [1.165, 1.54) is 18.2 Å². The molecule has 0 unspecified atom stereocenters. The standard InChI is InChI=1S/C30H32N4O14S2/c1-2-47-30(38)34-10-12-46-14-13-45-11-9-33-28(35)16-3-4-17(29(36)37)20(15-16)23-18-5-7-21(31)26(49(39,40)41)24(18)48-25-19(23)6-8-22(32)27(25)50(42,43)44/h3-8,15,31H,2,9-14,32H2,1H3,(H,33,35)(H,34,38)(H,36,37)(H,39,40,41)(H,42,43,44). The lowest BCUT2D eigenvalue weighted by atomic mass is 9.89. The molecule has 8 N–H and O–H groups in total. The molecule has 0 spiro atoms. The Morgan fingerprint density at radius 1 is 0.860 bits per heavy atom. The fraction of sp³-hybridized carbons (Fsp3) is 0.267. The molecular weight excluding hydrogens is 704 g/mol. The number of carbonyl (C=O) groups is 3. The predicted molar refractivity (Wildman–Crippen MR) is 174 cm³/mol. The molecule has 0 atom stereocenters. The number of amides is 2. The lowest BCUT2D eigenvalue weighted by Gasteiger charge is -2.20. The third-order valence-corrected chi connectivity index (χ3v) is 8.85. The summed E-state index contributed by atoms with van der Waals surface area (Å²) < 4.78 is 90.7. The number of fused-ring (bicyclic) bond motifs is 2. The molecule has 0 saturated heterocycles. The van der Waals surface area contributed by atoms with Crippen LogP contribution in [-0.2, 0) is 34.4 Å². The number of benzene rings is 3. The molecule has 2 aromatic rings. The first kappa shape index (κ1) is 37.7. The number of hydrogen-bond donors (Lipinski definition) is 7. The zero-order valence-corrected chi connectivity index (χ0v) is 27.9. The van der Waals surface area contributed by atoms with Gasteiger partial charge in [0.15, 0.2) is 21.1 Å². The van der Waals surface area contributed by atoms with Gasteiger partial charge in [-0.3, -0.25) is 19.3 Å². The number of carboxylic acid groups (broad SMARTS) is 1. The second-order valence-electron chi connectivity index (χ2n) is 10.3. The molecule has 0 radical (unpaired) electrons. The molecule has 2 amide bonds. The van der Waals surface area contributed by atoms with Crippen LogP contribution >= 0.6 is 0 Å². The van der Waals surface area contributed by atoms with Crippen LogP contribution in [0.15, 0.2) is 56.7 Å². The Labute approximate surface area is 284 Å². The minimum atomic E-state index is -5.21. The Hall–Kier alpha value is -5.12. The van der Waals surface area contributed by atoms with Gasteiger partial charge >= 0.3 is 12.1 Å². The van der Waals surface area contributed by atoms with Crippen molar-refractivity contribution in [2.24, 2.45) is 0 Å². The Morgan fingerprint density at radius 3 is 2.10 bits per heavy atom. The number of nitrogens with two attached hydrogens (primary N) is 1. The summed E-state index contributed by atoms with van der Waals surface area (Å²) in [5, 5.41) is 22.4. The van der Waals surface area contributed by atoms with E-state index in [1.807, 2.05) is 0 Å². The first-order valence-corrected chi connectivity index (χ1v) is 17.5. The molecule has 1 heterocycles. The summed E-state index contributed by atoms with van der Waals surface area (Å²) in [6.07, 6.45) is -0.556. The Bertz CT molecular complexity index is 2200. The number of carboxylic acids is 1. The number of alkyl carbamates (subject to hydrolysis) is 1. The predicted octanol–water partition coefficient (Wildman–Crippen LogP) is 1.97. The molecule has 0 saturated carbocycles. The number of carbonyl (C=O) groups excluding carboxylic acids is 2. The first-order valence-electron chi connectivity index (χ1n) is 14.6.